The molecule has 2 unspecified atom stereocenters. The summed E-state index contributed by atoms with van der Waals surface area (Å²) in [6, 6.07) is 9.74. The molecule has 0 fully saturated rings. The number of fused-ring (bicyclic) bond motifs is 2. The average Bonchev–Trinajstić information content (AvgIpc) is 3.36. The van der Waals surface area contributed by atoms with Crippen molar-refractivity contribution >= 4 is 29.0 Å². The smallest absolute Gasteiger partial charge is 0.323 e. The molecular weight excluding hydrogens is 439 g/mol. The molecule has 0 saturated heterocycles. The zero-order valence-corrected chi connectivity index (χ0v) is 18.7. The molecule has 3 aromatic rings. The molecule has 8 nitrogen and oxygen atoms in total. The number of aromatic amines is 2. The van der Waals surface area contributed by atoms with Gasteiger partial charge in [0.15, 0.2) is 5.78 Å². The van der Waals surface area contributed by atoms with Gasteiger partial charge in [0.25, 0.3) is 5.91 Å². The Bertz CT molecular complexity index is 1340. The SMILES string of the molecule is C=C(NC(CC=O)C(=O)CF)C(CC)N1Cc2ccc(-c3ccc4[nH]c(=O)[nH]c4c3)cc2C1=O. The highest BCUT2D eigenvalue weighted by Gasteiger charge is 2.34. The van der Waals surface area contributed by atoms with E-state index < -0.39 is 24.5 Å². The van der Waals surface area contributed by atoms with E-state index in [1.165, 1.54) is 0 Å². The molecule has 34 heavy (non-hydrogen) atoms. The largest absolute Gasteiger partial charge is 0.377 e. The number of nitrogens with zero attached hydrogens (tertiary/aromatic N) is 1. The van der Waals surface area contributed by atoms with E-state index in [4.69, 9.17) is 0 Å². The number of amides is 1. The maximum Gasteiger partial charge on any atom is 0.323 e. The van der Waals surface area contributed by atoms with E-state index in [-0.39, 0.29) is 18.0 Å². The summed E-state index contributed by atoms with van der Waals surface area (Å²) in [4.78, 5) is 54.7. The number of alkyl halides is 1. The number of halogens is 1. The van der Waals surface area contributed by atoms with Crippen LogP contribution in [0.15, 0.2) is 53.5 Å². The second-order valence-corrected chi connectivity index (χ2v) is 8.29. The molecule has 0 saturated carbocycles. The van der Waals surface area contributed by atoms with Gasteiger partial charge in [-0.3, -0.25) is 9.59 Å². The lowest BCUT2D eigenvalue weighted by molar-refractivity contribution is -0.123. The fraction of sp³-hybridized carbons (Fsp3) is 0.280. The van der Waals surface area contributed by atoms with Gasteiger partial charge in [-0.1, -0.05) is 31.7 Å². The first-order chi connectivity index (χ1) is 16.4. The van der Waals surface area contributed by atoms with Crippen molar-refractivity contribution in [2.45, 2.75) is 38.4 Å². The molecular formula is C25H25FN4O4. The fourth-order valence-corrected chi connectivity index (χ4v) is 4.40. The Morgan fingerprint density at radius 1 is 1.18 bits per heavy atom. The first-order valence-electron chi connectivity index (χ1n) is 11.0. The van der Waals surface area contributed by atoms with Crippen molar-refractivity contribution in [2.75, 3.05) is 6.67 Å². The van der Waals surface area contributed by atoms with Gasteiger partial charge in [0.05, 0.1) is 23.1 Å². The van der Waals surface area contributed by atoms with E-state index in [1.54, 1.807) is 11.0 Å². The van der Waals surface area contributed by atoms with Crippen molar-refractivity contribution in [1.29, 1.82) is 0 Å². The molecule has 2 heterocycles. The van der Waals surface area contributed by atoms with Crippen LogP contribution in [-0.4, -0.2) is 51.6 Å². The number of rotatable bonds is 10. The van der Waals surface area contributed by atoms with Crippen LogP contribution in [0.25, 0.3) is 22.2 Å². The summed E-state index contributed by atoms with van der Waals surface area (Å²) in [5.41, 5.74) is 4.61. The highest BCUT2D eigenvalue weighted by molar-refractivity contribution is 6.00. The number of hydrogen-bond acceptors (Lipinski definition) is 5. The van der Waals surface area contributed by atoms with E-state index in [0.29, 0.717) is 41.5 Å². The van der Waals surface area contributed by atoms with Crippen LogP contribution in [0.2, 0.25) is 0 Å². The predicted octanol–water partition coefficient (Wildman–Crippen LogP) is 2.86. The van der Waals surface area contributed by atoms with Gasteiger partial charge in [-0.2, -0.15) is 0 Å². The van der Waals surface area contributed by atoms with Gasteiger partial charge >= 0.3 is 5.69 Å². The lowest BCUT2D eigenvalue weighted by atomic mass is 10.00. The third-order valence-corrected chi connectivity index (χ3v) is 6.17. The monoisotopic (exact) mass is 464 g/mol. The molecule has 1 aliphatic rings. The highest BCUT2D eigenvalue weighted by Crippen LogP contribution is 2.32. The van der Waals surface area contributed by atoms with E-state index >= 15 is 0 Å². The van der Waals surface area contributed by atoms with E-state index in [1.807, 2.05) is 37.3 Å². The van der Waals surface area contributed by atoms with Gasteiger partial charge < -0.3 is 25.0 Å². The van der Waals surface area contributed by atoms with Crippen molar-refractivity contribution < 1.29 is 18.8 Å². The lowest BCUT2D eigenvalue weighted by Crippen LogP contribution is -2.45. The normalized spacial score (nSPS) is 14.6. The Balaban J connectivity index is 1.57. The molecule has 176 valence electrons. The van der Waals surface area contributed by atoms with Gasteiger partial charge in [-0.15, -0.1) is 0 Å². The fourth-order valence-electron chi connectivity index (χ4n) is 4.40. The molecule has 9 heteroatoms. The van der Waals surface area contributed by atoms with Crippen LogP contribution in [0.1, 0.15) is 35.7 Å². The number of H-pyrrole nitrogens is 2. The van der Waals surface area contributed by atoms with Crippen molar-refractivity contribution in [3.63, 3.8) is 0 Å². The number of hydrogen-bond donors (Lipinski definition) is 3. The maximum atomic E-state index is 13.3. The summed E-state index contributed by atoms with van der Waals surface area (Å²) in [6.45, 7) is 5.04. The number of benzene rings is 2. The van der Waals surface area contributed by atoms with Gasteiger partial charge in [0.1, 0.15) is 13.0 Å². The number of carbonyl (C=O) groups is 3. The zero-order valence-electron chi connectivity index (χ0n) is 18.7. The molecule has 2 aromatic carbocycles. The van der Waals surface area contributed by atoms with Gasteiger partial charge in [0.2, 0.25) is 0 Å². The molecule has 0 bridgehead atoms. The zero-order chi connectivity index (χ0) is 24.4. The summed E-state index contributed by atoms with van der Waals surface area (Å²) in [5, 5.41) is 2.86. The number of aldehydes is 1. The Labute approximate surface area is 194 Å². The third-order valence-electron chi connectivity index (χ3n) is 6.17. The minimum atomic E-state index is -1.19. The lowest BCUT2D eigenvalue weighted by Gasteiger charge is -2.31. The molecule has 2 atom stereocenters. The van der Waals surface area contributed by atoms with Crippen LogP contribution in [0.4, 0.5) is 4.39 Å². The minimum Gasteiger partial charge on any atom is -0.377 e. The summed E-state index contributed by atoms with van der Waals surface area (Å²) in [5.74, 6) is -0.906. The molecule has 0 radical (unpaired) electrons. The minimum absolute atomic E-state index is 0.174. The van der Waals surface area contributed by atoms with Crippen LogP contribution in [-0.2, 0) is 16.1 Å². The second-order valence-electron chi connectivity index (χ2n) is 8.29. The van der Waals surface area contributed by atoms with Gasteiger partial charge in [0, 0.05) is 24.2 Å². The van der Waals surface area contributed by atoms with Crippen LogP contribution in [0.5, 0.6) is 0 Å². The molecule has 1 aliphatic heterocycles. The number of ketones is 1. The number of aromatic nitrogens is 2. The highest BCUT2D eigenvalue weighted by atomic mass is 19.1. The standard InChI is InChI=1S/C25H25FN4O4/c1-3-22(14(2)27-20(8-9-31)23(32)12-26)30-13-17-5-4-15(10-18(17)24(30)33)16-6-7-19-21(11-16)29-25(34)28-19/h4-7,9-11,20,22,27H,2-3,8,12-13H2,1H3,(H2,28,29,34). The molecule has 0 spiro atoms. The van der Waals surface area contributed by atoms with Crippen LogP contribution in [0.3, 0.4) is 0 Å². The van der Waals surface area contributed by atoms with Crippen molar-refractivity contribution in [2.24, 2.45) is 0 Å². The van der Waals surface area contributed by atoms with Crippen LogP contribution >= 0.6 is 0 Å². The summed E-state index contributed by atoms with van der Waals surface area (Å²) < 4.78 is 12.9. The first-order valence-corrected chi connectivity index (χ1v) is 11.0. The Morgan fingerprint density at radius 2 is 1.88 bits per heavy atom. The molecule has 1 amide bonds. The van der Waals surface area contributed by atoms with Crippen molar-refractivity contribution in [3.8, 4) is 11.1 Å². The molecule has 1 aromatic heterocycles. The number of carbonyl (C=O) groups excluding carboxylic acids is 3. The number of nitrogens with one attached hydrogen (secondary N) is 3. The summed E-state index contributed by atoms with van der Waals surface area (Å²) in [7, 11) is 0. The van der Waals surface area contributed by atoms with Gasteiger partial charge in [-0.05, 0) is 41.3 Å². The first kappa shape index (κ1) is 23.2. The predicted molar refractivity (Wildman–Crippen MR) is 126 cm³/mol. The summed E-state index contributed by atoms with van der Waals surface area (Å²) in [6.07, 6.45) is 0.901. The average molecular weight is 464 g/mol. The quantitative estimate of drug-likeness (QED) is 0.399. The van der Waals surface area contributed by atoms with E-state index in [9.17, 15) is 23.6 Å². The van der Waals surface area contributed by atoms with Crippen LogP contribution in [0, 0.1) is 0 Å². The maximum absolute atomic E-state index is 13.3. The van der Waals surface area contributed by atoms with E-state index in [2.05, 4.69) is 21.9 Å². The molecule has 3 N–H and O–H groups in total. The number of imidazole rings is 1. The Hall–Kier alpha value is -4.01. The van der Waals surface area contributed by atoms with Gasteiger partial charge in [-0.25, -0.2) is 9.18 Å². The van der Waals surface area contributed by atoms with Crippen molar-refractivity contribution in [1.82, 2.24) is 20.2 Å². The Kier molecular flexibility index (Phi) is 6.45. The second kappa shape index (κ2) is 9.46. The van der Waals surface area contributed by atoms with E-state index in [0.717, 1.165) is 16.7 Å². The Morgan fingerprint density at radius 3 is 2.59 bits per heavy atom. The topological polar surface area (TPSA) is 115 Å². The molecule has 0 aliphatic carbocycles. The number of Topliss-reactive ketones (excluding diaryl/α,β-unsaturated/α-hetero) is 1. The molecule has 4 rings (SSSR count). The third kappa shape index (κ3) is 4.28. The van der Waals surface area contributed by atoms with Crippen LogP contribution < -0.4 is 11.0 Å². The van der Waals surface area contributed by atoms with Crippen molar-refractivity contribution in [3.05, 3.63) is 70.3 Å². The summed E-state index contributed by atoms with van der Waals surface area (Å²) >= 11 is 0.